The lowest BCUT2D eigenvalue weighted by Crippen LogP contribution is -2.29. The quantitative estimate of drug-likeness (QED) is 0.905. The van der Waals surface area contributed by atoms with E-state index in [2.05, 4.69) is 27.3 Å². The Kier molecular flexibility index (Phi) is 3.57. The van der Waals surface area contributed by atoms with Crippen LogP contribution in [0.1, 0.15) is 17.5 Å². The van der Waals surface area contributed by atoms with Crippen LogP contribution in [-0.2, 0) is 22.8 Å². The van der Waals surface area contributed by atoms with Gasteiger partial charge in [0.15, 0.2) is 9.84 Å². The normalized spacial score (nSPS) is 24.2. The Morgan fingerprint density at radius 2 is 2.26 bits per heavy atom. The minimum Gasteiger partial charge on any atom is -0.493 e. The number of hydrogen-bond acceptors (Lipinski definition) is 4. The molecule has 0 spiro atoms. The van der Waals surface area contributed by atoms with Crippen molar-refractivity contribution < 1.29 is 13.2 Å². The van der Waals surface area contributed by atoms with Gasteiger partial charge in [-0.3, -0.25) is 0 Å². The fraction of sp³-hybridized carbons (Fsp3) is 0.538. The summed E-state index contributed by atoms with van der Waals surface area (Å²) < 4.78 is 29.6. The summed E-state index contributed by atoms with van der Waals surface area (Å²) >= 11 is 3.51. The molecule has 0 radical (unpaired) electrons. The van der Waals surface area contributed by atoms with Crippen molar-refractivity contribution in [1.82, 2.24) is 5.32 Å². The van der Waals surface area contributed by atoms with E-state index < -0.39 is 9.84 Å². The van der Waals surface area contributed by atoms with E-state index in [0.29, 0.717) is 18.7 Å². The third kappa shape index (κ3) is 2.95. The summed E-state index contributed by atoms with van der Waals surface area (Å²) in [5.41, 5.74) is 2.33. The van der Waals surface area contributed by atoms with Gasteiger partial charge in [0.2, 0.25) is 0 Å². The van der Waals surface area contributed by atoms with Gasteiger partial charge in [-0.25, -0.2) is 8.42 Å². The number of nitrogens with one attached hydrogen (secondary N) is 1. The molecule has 0 amide bonds. The summed E-state index contributed by atoms with van der Waals surface area (Å²) in [7, 11) is -2.82. The Labute approximate surface area is 121 Å². The molecule has 19 heavy (non-hydrogen) atoms. The van der Waals surface area contributed by atoms with E-state index in [9.17, 15) is 8.42 Å². The van der Waals surface area contributed by atoms with Crippen LogP contribution in [0.2, 0.25) is 0 Å². The van der Waals surface area contributed by atoms with E-state index in [1.165, 1.54) is 5.56 Å². The summed E-state index contributed by atoms with van der Waals surface area (Å²) in [5, 5.41) is 3.33. The van der Waals surface area contributed by atoms with Crippen LogP contribution >= 0.6 is 15.9 Å². The molecule has 0 aromatic heterocycles. The van der Waals surface area contributed by atoms with Gasteiger partial charge in [-0.2, -0.15) is 0 Å². The molecule has 2 aliphatic rings. The molecule has 1 saturated heterocycles. The molecule has 3 rings (SSSR count). The van der Waals surface area contributed by atoms with Crippen molar-refractivity contribution in [2.45, 2.75) is 25.4 Å². The molecule has 2 aliphatic heterocycles. The first-order valence-corrected chi connectivity index (χ1v) is 9.03. The fourth-order valence-corrected chi connectivity index (χ4v) is 4.95. The molecule has 0 bridgehead atoms. The molecular formula is C13H16BrNO3S. The van der Waals surface area contributed by atoms with E-state index in [1.54, 1.807) is 0 Å². The average Bonchev–Trinajstić information content (AvgIpc) is 2.92. The van der Waals surface area contributed by atoms with Gasteiger partial charge in [-0.05, 0) is 24.1 Å². The number of sulfone groups is 1. The third-order valence-electron chi connectivity index (χ3n) is 3.64. The van der Waals surface area contributed by atoms with Gasteiger partial charge in [0, 0.05) is 29.0 Å². The highest BCUT2D eigenvalue weighted by atomic mass is 79.9. The highest BCUT2D eigenvalue weighted by Crippen LogP contribution is 2.33. The molecule has 0 aliphatic carbocycles. The molecular weight excluding hydrogens is 330 g/mol. The number of benzene rings is 1. The summed E-state index contributed by atoms with van der Waals surface area (Å²) in [6.07, 6.45) is 1.65. The van der Waals surface area contributed by atoms with Crippen molar-refractivity contribution in [2.24, 2.45) is 0 Å². The van der Waals surface area contributed by atoms with Crippen LogP contribution in [0.3, 0.4) is 0 Å². The largest absolute Gasteiger partial charge is 0.493 e. The molecule has 1 aromatic carbocycles. The topological polar surface area (TPSA) is 55.4 Å². The second-order valence-electron chi connectivity index (χ2n) is 5.13. The zero-order valence-corrected chi connectivity index (χ0v) is 12.9. The zero-order valence-electron chi connectivity index (χ0n) is 10.5. The monoisotopic (exact) mass is 345 g/mol. The van der Waals surface area contributed by atoms with Gasteiger partial charge in [0.1, 0.15) is 5.75 Å². The van der Waals surface area contributed by atoms with Crippen LogP contribution in [0.25, 0.3) is 0 Å². The molecule has 1 unspecified atom stereocenters. The first-order chi connectivity index (χ1) is 9.03. The zero-order chi connectivity index (χ0) is 13.5. The van der Waals surface area contributed by atoms with Crippen molar-refractivity contribution in [1.29, 1.82) is 0 Å². The second kappa shape index (κ2) is 5.07. The smallest absolute Gasteiger partial charge is 0.151 e. The molecule has 0 saturated carbocycles. The van der Waals surface area contributed by atoms with Crippen LogP contribution in [0.5, 0.6) is 5.75 Å². The Morgan fingerprint density at radius 3 is 3.00 bits per heavy atom. The number of hydrogen-bond donors (Lipinski definition) is 1. The first-order valence-electron chi connectivity index (χ1n) is 6.41. The lowest BCUT2D eigenvalue weighted by molar-refractivity contribution is 0.351. The summed E-state index contributed by atoms with van der Waals surface area (Å²) in [4.78, 5) is 0. The molecule has 2 heterocycles. The maximum atomic E-state index is 11.4. The van der Waals surface area contributed by atoms with Crippen molar-refractivity contribution in [2.75, 3.05) is 18.1 Å². The van der Waals surface area contributed by atoms with Gasteiger partial charge in [0.25, 0.3) is 0 Å². The Bertz CT molecular complexity index is 600. The standard InChI is InChI=1S/C13H16BrNO3S/c14-11-5-9-1-3-18-13(9)10(6-11)7-15-12-2-4-19(16,17)8-12/h5-6,12,15H,1-4,7-8H2. The van der Waals surface area contributed by atoms with E-state index in [4.69, 9.17) is 4.74 Å². The Balaban J connectivity index is 1.71. The summed E-state index contributed by atoms with van der Waals surface area (Å²) in [6, 6.07) is 4.20. The predicted octanol–water partition coefficient (Wildman–Crippen LogP) is 1.66. The van der Waals surface area contributed by atoms with Crippen LogP contribution in [0.15, 0.2) is 16.6 Å². The Morgan fingerprint density at radius 1 is 1.42 bits per heavy atom. The van der Waals surface area contributed by atoms with E-state index in [-0.39, 0.29) is 11.8 Å². The SMILES string of the molecule is O=S1(=O)CCC(NCc2cc(Br)cc3c2OCC3)C1. The molecule has 1 fully saturated rings. The second-order valence-corrected chi connectivity index (χ2v) is 8.28. The summed E-state index contributed by atoms with van der Waals surface area (Å²) in [6.45, 7) is 1.39. The van der Waals surface area contributed by atoms with Crippen LogP contribution in [0.4, 0.5) is 0 Å². The average molecular weight is 346 g/mol. The molecule has 4 nitrogen and oxygen atoms in total. The molecule has 1 N–H and O–H groups in total. The number of fused-ring (bicyclic) bond motifs is 1. The van der Waals surface area contributed by atoms with Crippen molar-refractivity contribution in [3.8, 4) is 5.75 Å². The highest BCUT2D eigenvalue weighted by Gasteiger charge is 2.27. The van der Waals surface area contributed by atoms with Gasteiger partial charge in [0.05, 0.1) is 18.1 Å². The molecule has 6 heteroatoms. The van der Waals surface area contributed by atoms with Crippen molar-refractivity contribution >= 4 is 25.8 Å². The summed E-state index contributed by atoms with van der Waals surface area (Å²) in [5.74, 6) is 1.53. The van der Waals surface area contributed by atoms with Crippen molar-refractivity contribution in [3.63, 3.8) is 0 Å². The fourth-order valence-electron chi connectivity index (χ4n) is 2.69. The van der Waals surface area contributed by atoms with Crippen LogP contribution in [0, 0.1) is 0 Å². The number of ether oxygens (including phenoxy) is 1. The third-order valence-corrected chi connectivity index (χ3v) is 5.86. The number of rotatable bonds is 3. The molecule has 104 valence electrons. The predicted molar refractivity (Wildman–Crippen MR) is 77.2 cm³/mol. The first kappa shape index (κ1) is 13.4. The van der Waals surface area contributed by atoms with E-state index in [0.717, 1.165) is 28.8 Å². The Hall–Kier alpha value is -0.590. The van der Waals surface area contributed by atoms with E-state index in [1.807, 2.05) is 6.07 Å². The lowest BCUT2D eigenvalue weighted by Gasteiger charge is -2.13. The molecule has 1 atom stereocenters. The van der Waals surface area contributed by atoms with Crippen LogP contribution in [-0.4, -0.2) is 32.6 Å². The van der Waals surface area contributed by atoms with Gasteiger partial charge in [-0.1, -0.05) is 15.9 Å². The van der Waals surface area contributed by atoms with Gasteiger partial charge in [-0.15, -0.1) is 0 Å². The van der Waals surface area contributed by atoms with E-state index >= 15 is 0 Å². The van der Waals surface area contributed by atoms with Gasteiger partial charge >= 0.3 is 0 Å². The maximum absolute atomic E-state index is 11.4. The minimum atomic E-state index is -2.82. The lowest BCUT2D eigenvalue weighted by atomic mass is 10.1. The minimum absolute atomic E-state index is 0.0704. The van der Waals surface area contributed by atoms with Crippen LogP contribution < -0.4 is 10.1 Å². The van der Waals surface area contributed by atoms with Crippen molar-refractivity contribution in [3.05, 3.63) is 27.7 Å². The highest BCUT2D eigenvalue weighted by molar-refractivity contribution is 9.10. The number of halogens is 1. The molecule has 1 aromatic rings. The van der Waals surface area contributed by atoms with Gasteiger partial charge < -0.3 is 10.1 Å². The maximum Gasteiger partial charge on any atom is 0.151 e.